The second kappa shape index (κ2) is 11.5. The van der Waals surface area contributed by atoms with Crippen LogP contribution in [-0.4, -0.2) is 19.8 Å². The fourth-order valence-electron chi connectivity index (χ4n) is 1.15. The van der Waals surface area contributed by atoms with Gasteiger partial charge in [0.05, 0.1) is 12.9 Å². The van der Waals surface area contributed by atoms with E-state index in [-0.39, 0.29) is 0 Å². The highest BCUT2D eigenvalue weighted by Crippen LogP contribution is 2.03. The van der Waals surface area contributed by atoms with E-state index in [1.807, 2.05) is 6.92 Å². The molecule has 0 spiro atoms. The molecule has 2 heteroatoms. The molecule has 0 unspecified atom stereocenters. The maximum Gasteiger partial charge on any atom is 0.0873 e. The summed E-state index contributed by atoms with van der Waals surface area (Å²) in [4.78, 5) is 0. The van der Waals surface area contributed by atoms with Crippen LogP contribution in [0.2, 0.25) is 0 Å². The van der Waals surface area contributed by atoms with Gasteiger partial charge in [-0.15, -0.1) is 0 Å². The third-order valence-corrected chi connectivity index (χ3v) is 1.87. The van der Waals surface area contributed by atoms with Gasteiger partial charge in [-0.25, -0.2) is 0 Å². The van der Waals surface area contributed by atoms with E-state index in [0.29, 0.717) is 0 Å². The van der Waals surface area contributed by atoms with E-state index in [0.717, 1.165) is 26.2 Å². The van der Waals surface area contributed by atoms with Gasteiger partial charge >= 0.3 is 0 Å². The second-order valence-corrected chi connectivity index (χ2v) is 3.00. The lowest BCUT2D eigenvalue weighted by atomic mass is 10.1. The Kier molecular flexibility index (Phi) is 11.1. The maximum atomic E-state index is 5.24. The zero-order valence-corrected chi connectivity index (χ0v) is 8.76. The summed E-state index contributed by atoms with van der Waals surface area (Å²) in [7, 11) is 0. The zero-order valence-electron chi connectivity index (χ0n) is 8.76. The Morgan fingerprint density at radius 1 is 1.00 bits per heavy atom. The standard InChI is InChI=1S/C11H22O2/c1-3-12-10-8-6-5-7-9-11-13-4-2/h3H,1,4-11H2,2H3. The molecule has 0 aliphatic carbocycles. The molecule has 0 bridgehead atoms. The molecule has 0 aliphatic heterocycles. The molecule has 0 aromatic carbocycles. The molecule has 0 fully saturated rings. The second-order valence-electron chi connectivity index (χ2n) is 3.00. The van der Waals surface area contributed by atoms with Gasteiger partial charge in [-0.1, -0.05) is 25.8 Å². The van der Waals surface area contributed by atoms with Gasteiger partial charge in [0.15, 0.2) is 0 Å². The lowest BCUT2D eigenvalue weighted by molar-refractivity contribution is 0.142. The van der Waals surface area contributed by atoms with Crippen LogP contribution >= 0.6 is 0 Å². The first-order valence-electron chi connectivity index (χ1n) is 5.22. The molecule has 0 N–H and O–H groups in total. The van der Waals surface area contributed by atoms with Crippen LogP contribution in [0, 0.1) is 0 Å². The first kappa shape index (κ1) is 12.5. The molecule has 0 saturated heterocycles. The monoisotopic (exact) mass is 186 g/mol. The summed E-state index contributed by atoms with van der Waals surface area (Å²) >= 11 is 0. The van der Waals surface area contributed by atoms with Crippen molar-refractivity contribution < 1.29 is 9.47 Å². The minimum Gasteiger partial charge on any atom is -0.502 e. The van der Waals surface area contributed by atoms with Gasteiger partial charge in [0.2, 0.25) is 0 Å². The predicted octanol–water partition coefficient (Wildman–Crippen LogP) is 3.13. The van der Waals surface area contributed by atoms with Crippen LogP contribution in [0.25, 0.3) is 0 Å². The Morgan fingerprint density at radius 3 is 2.23 bits per heavy atom. The van der Waals surface area contributed by atoms with Crippen molar-refractivity contribution in [3.63, 3.8) is 0 Å². The van der Waals surface area contributed by atoms with Gasteiger partial charge in [-0.2, -0.15) is 0 Å². The Balaban J connectivity index is 2.79. The average Bonchev–Trinajstić information content (AvgIpc) is 2.16. The third-order valence-electron chi connectivity index (χ3n) is 1.87. The van der Waals surface area contributed by atoms with Crippen molar-refractivity contribution in [3.8, 4) is 0 Å². The van der Waals surface area contributed by atoms with Gasteiger partial charge in [0.1, 0.15) is 0 Å². The zero-order chi connectivity index (χ0) is 9.78. The van der Waals surface area contributed by atoms with Crippen LogP contribution in [0.3, 0.4) is 0 Å². The topological polar surface area (TPSA) is 18.5 Å². The molecule has 13 heavy (non-hydrogen) atoms. The predicted molar refractivity (Wildman–Crippen MR) is 55.7 cm³/mol. The minimum atomic E-state index is 0.814. The van der Waals surface area contributed by atoms with Crippen molar-refractivity contribution in [2.45, 2.75) is 39.0 Å². The quantitative estimate of drug-likeness (QED) is 0.385. The van der Waals surface area contributed by atoms with E-state index in [9.17, 15) is 0 Å². The van der Waals surface area contributed by atoms with Crippen LogP contribution < -0.4 is 0 Å². The van der Waals surface area contributed by atoms with Crippen LogP contribution in [0.4, 0.5) is 0 Å². The van der Waals surface area contributed by atoms with Crippen molar-refractivity contribution in [1.82, 2.24) is 0 Å². The highest BCUT2D eigenvalue weighted by atomic mass is 16.5. The van der Waals surface area contributed by atoms with E-state index in [1.54, 1.807) is 0 Å². The Hall–Kier alpha value is -0.500. The summed E-state index contributed by atoms with van der Waals surface area (Å²) < 4.78 is 10.3. The van der Waals surface area contributed by atoms with Gasteiger partial charge in [-0.05, 0) is 19.8 Å². The molecule has 0 saturated carbocycles. The van der Waals surface area contributed by atoms with Gasteiger partial charge in [0.25, 0.3) is 0 Å². The van der Waals surface area contributed by atoms with Gasteiger partial charge < -0.3 is 9.47 Å². The molecular formula is C11H22O2. The van der Waals surface area contributed by atoms with E-state index < -0.39 is 0 Å². The average molecular weight is 186 g/mol. The van der Waals surface area contributed by atoms with Crippen molar-refractivity contribution in [3.05, 3.63) is 12.8 Å². The summed E-state index contributed by atoms with van der Waals surface area (Å²) in [6.07, 6.45) is 7.65. The minimum absolute atomic E-state index is 0.814. The highest BCUT2D eigenvalue weighted by Gasteiger charge is 1.90. The molecule has 0 aromatic rings. The molecular weight excluding hydrogens is 164 g/mol. The lowest BCUT2D eigenvalue weighted by Gasteiger charge is -2.02. The summed E-state index contributed by atoms with van der Waals surface area (Å²) in [5.41, 5.74) is 0. The number of rotatable bonds is 10. The first-order chi connectivity index (χ1) is 6.41. The molecule has 78 valence electrons. The molecule has 0 rings (SSSR count). The number of hydrogen-bond acceptors (Lipinski definition) is 2. The Labute approximate surface area is 81.9 Å². The van der Waals surface area contributed by atoms with Crippen molar-refractivity contribution in [2.24, 2.45) is 0 Å². The molecule has 0 heterocycles. The summed E-state index contributed by atoms with van der Waals surface area (Å²) in [5, 5.41) is 0. The van der Waals surface area contributed by atoms with E-state index in [4.69, 9.17) is 9.47 Å². The molecule has 0 aromatic heterocycles. The number of hydrogen-bond donors (Lipinski definition) is 0. The number of ether oxygens (including phenoxy) is 2. The summed E-state index contributed by atoms with van der Waals surface area (Å²) in [5.74, 6) is 0. The first-order valence-corrected chi connectivity index (χ1v) is 5.22. The largest absolute Gasteiger partial charge is 0.502 e. The van der Waals surface area contributed by atoms with E-state index >= 15 is 0 Å². The van der Waals surface area contributed by atoms with Gasteiger partial charge in [-0.3, -0.25) is 0 Å². The summed E-state index contributed by atoms with van der Waals surface area (Å²) in [6, 6.07) is 0. The molecule has 0 atom stereocenters. The van der Waals surface area contributed by atoms with E-state index in [2.05, 4.69) is 6.58 Å². The van der Waals surface area contributed by atoms with Crippen LogP contribution in [-0.2, 0) is 9.47 Å². The van der Waals surface area contributed by atoms with Gasteiger partial charge in [0, 0.05) is 13.2 Å². The van der Waals surface area contributed by atoms with Crippen LogP contribution in [0.5, 0.6) is 0 Å². The highest BCUT2D eigenvalue weighted by molar-refractivity contribution is 4.49. The van der Waals surface area contributed by atoms with Crippen LogP contribution in [0.1, 0.15) is 39.0 Å². The fourth-order valence-corrected chi connectivity index (χ4v) is 1.15. The molecule has 0 radical (unpaired) electrons. The smallest absolute Gasteiger partial charge is 0.0873 e. The normalized spacial score (nSPS) is 9.92. The van der Waals surface area contributed by atoms with Crippen LogP contribution in [0.15, 0.2) is 12.8 Å². The Morgan fingerprint density at radius 2 is 1.62 bits per heavy atom. The molecule has 0 amide bonds. The van der Waals surface area contributed by atoms with Crippen molar-refractivity contribution in [1.29, 1.82) is 0 Å². The molecule has 2 nitrogen and oxygen atoms in total. The Bertz CT molecular complexity index is 102. The fraction of sp³-hybridized carbons (Fsp3) is 0.818. The lowest BCUT2D eigenvalue weighted by Crippen LogP contribution is -1.93. The maximum absolute atomic E-state index is 5.24. The third kappa shape index (κ3) is 11.5. The van der Waals surface area contributed by atoms with Crippen molar-refractivity contribution >= 4 is 0 Å². The van der Waals surface area contributed by atoms with E-state index in [1.165, 1.54) is 31.9 Å². The number of unbranched alkanes of at least 4 members (excludes halogenated alkanes) is 4. The van der Waals surface area contributed by atoms with Crippen molar-refractivity contribution in [2.75, 3.05) is 19.8 Å². The summed E-state index contributed by atoms with van der Waals surface area (Å²) in [6.45, 7) is 8.10. The molecule has 0 aliphatic rings. The SMILES string of the molecule is C=COCCCCCCCOCC.